The molecule has 0 heterocycles. The van der Waals surface area contributed by atoms with Gasteiger partial charge in [0.2, 0.25) is 0 Å². The summed E-state index contributed by atoms with van der Waals surface area (Å²) in [6.07, 6.45) is 2.35. The van der Waals surface area contributed by atoms with Gasteiger partial charge in [-0.2, -0.15) is 0 Å². The molecule has 1 amide bonds. The van der Waals surface area contributed by atoms with Crippen LogP contribution >= 0.6 is 0 Å². The smallest absolute Gasteiger partial charge is 0.407 e. The highest BCUT2D eigenvalue weighted by atomic mass is 16.6. The average Bonchev–Trinajstić information content (AvgIpc) is 1.73. The van der Waals surface area contributed by atoms with Gasteiger partial charge in [0.1, 0.15) is 5.60 Å². The number of carbonyl (C=O) groups excluding carboxylic acids is 1. The SMILES string of the molecule is CC(C)(C)OC(=O)NC1C2CC1C2. The molecule has 74 valence electrons. The first-order chi connectivity index (χ1) is 5.96. The van der Waals surface area contributed by atoms with Crippen molar-refractivity contribution in [1.29, 1.82) is 0 Å². The van der Waals surface area contributed by atoms with Gasteiger partial charge in [-0.3, -0.25) is 0 Å². The second-order valence-corrected chi connectivity index (χ2v) is 5.16. The number of hydrogen-bond acceptors (Lipinski definition) is 2. The molecule has 3 aliphatic rings. The van der Waals surface area contributed by atoms with Gasteiger partial charge in [0, 0.05) is 6.04 Å². The first kappa shape index (κ1) is 8.85. The summed E-state index contributed by atoms with van der Waals surface area (Å²) >= 11 is 0. The summed E-state index contributed by atoms with van der Waals surface area (Å²) in [5, 5.41) is 2.91. The van der Waals surface area contributed by atoms with E-state index in [2.05, 4.69) is 5.32 Å². The maximum atomic E-state index is 11.3. The summed E-state index contributed by atoms with van der Waals surface area (Å²) in [6.45, 7) is 5.65. The molecule has 3 fully saturated rings. The third kappa shape index (κ3) is 1.64. The molecule has 0 aromatic heterocycles. The molecule has 2 bridgehead atoms. The van der Waals surface area contributed by atoms with E-state index in [-0.39, 0.29) is 11.7 Å². The monoisotopic (exact) mass is 183 g/mol. The lowest BCUT2D eigenvalue weighted by atomic mass is 9.52. The Bertz CT molecular complexity index is 218. The second kappa shape index (κ2) is 2.63. The summed E-state index contributed by atoms with van der Waals surface area (Å²) in [4.78, 5) is 11.3. The molecular weight excluding hydrogens is 166 g/mol. The van der Waals surface area contributed by atoms with Crippen molar-refractivity contribution in [2.24, 2.45) is 11.8 Å². The fraction of sp³-hybridized carbons (Fsp3) is 0.900. The Morgan fingerprint density at radius 3 is 2.15 bits per heavy atom. The summed E-state index contributed by atoms with van der Waals surface area (Å²) in [6, 6.07) is 0.426. The van der Waals surface area contributed by atoms with Gasteiger partial charge in [-0.15, -0.1) is 0 Å². The van der Waals surface area contributed by atoms with Crippen molar-refractivity contribution in [2.45, 2.75) is 45.3 Å². The predicted octanol–water partition coefficient (Wildman–Crippen LogP) is 1.92. The third-order valence-corrected chi connectivity index (χ3v) is 2.91. The number of nitrogens with one attached hydrogen (secondary N) is 1. The zero-order valence-electron chi connectivity index (χ0n) is 8.46. The van der Waals surface area contributed by atoms with Crippen molar-refractivity contribution in [2.75, 3.05) is 0 Å². The molecule has 3 heteroatoms. The van der Waals surface area contributed by atoms with Gasteiger partial charge in [0.05, 0.1) is 0 Å². The van der Waals surface area contributed by atoms with Crippen molar-refractivity contribution >= 4 is 6.09 Å². The Labute approximate surface area is 78.8 Å². The number of alkyl carbamates (subject to hydrolysis) is 1. The predicted molar refractivity (Wildman–Crippen MR) is 49.4 cm³/mol. The zero-order chi connectivity index (χ0) is 9.64. The van der Waals surface area contributed by atoms with Gasteiger partial charge in [0.25, 0.3) is 0 Å². The van der Waals surface area contributed by atoms with E-state index in [1.807, 2.05) is 20.8 Å². The Hall–Kier alpha value is -0.730. The molecular formula is C10H17NO2. The first-order valence-corrected chi connectivity index (χ1v) is 4.95. The van der Waals surface area contributed by atoms with Gasteiger partial charge in [-0.25, -0.2) is 4.79 Å². The first-order valence-electron chi connectivity index (χ1n) is 4.95. The molecule has 0 aromatic carbocycles. The molecule has 0 radical (unpaired) electrons. The molecule has 3 aliphatic carbocycles. The van der Waals surface area contributed by atoms with Crippen molar-refractivity contribution in [3.8, 4) is 0 Å². The van der Waals surface area contributed by atoms with Gasteiger partial charge >= 0.3 is 6.09 Å². The minimum atomic E-state index is -0.377. The molecule has 3 saturated carbocycles. The molecule has 0 atom stereocenters. The van der Waals surface area contributed by atoms with Crippen LogP contribution in [0, 0.1) is 11.8 Å². The number of amides is 1. The number of ether oxygens (including phenoxy) is 1. The minimum Gasteiger partial charge on any atom is -0.444 e. The molecule has 3 nitrogen and oxygen atoms in total. The normalized spacial score (nSPS) is 35.8. The molecule has 0 saturated heterocycles. The summed E-state index contributed by atoms with van der Waals surface area (Å²) < 4.78 is 5.16. The number of rotatable bonds is 1. The summed E-state index contributed by atoms with van der Waals surface area (Å²) in [5.41, 5.74) is -0.377. The van der Waals surface area contributed by atoms with Gasteiger partial charge < -0.3 is 10.1 Å². The van der Waals surface area contributed by atoms with E-state index in [4.69, 9.17) is 4.74 Å². The van der Waals surface area contributed by atoms with Crippen molar-refractivity contribution < 1.29 is 9.53 Å². The number of hydrogen-bond donors (Lipinski definition) is 1. The van der Waals surface area contributed by atoms with Crippen molar-refractivity contribution in [3.63, 3.8) is 0 Å². The molecule has 0 unspecified atom stereocenters. The molecule has 0 aliphatic heterocycles. The van der Waals surface area contributed by atoms with Crippen LogP contribution in [0.5, 0.6) is 0 Å². The highest BCUT2D eigenvalue weighted by molar-refractivity contribution is 5.68. The molecule has 0 spiro atoms. The lowest BCUT2D eigenvalue weighted by molar-refractivity contribution is -0.0460. The average molecular weight is 183 g/mol. The summed E-state index contributed by atoms with van der Waals surface area (Å²) in [5.74, 6) is 1.50. The fourth-order valence-electron chi connectivity index (χ4n) is 1.97. The molecule has 0 aromatic rings. The van der Waals surface area contributed by atoms with Crippen LogP contribution in [0.2, 0.25) is 0 Å². The molecule has 3 rings (SSSR count). The van der Waals surface area contributed by atoms with Crippen LogP contribution in [-0.2, 0) is 4.74 Å². The van der Waals surface area contributed by atoms with E-state index in [1.165, 1.54) is 12.8 Å². The molecule has 13 heavy (non-hydrogen) atoms. The topological polar surface area (TPSA) is 38.3 Å². The maximum Gasteiger partial charge on any atom is 0.407 e. The lowest BCUT2D eigenvalue weighted by Crippen LogP contribution is -2.63. The highest BCUT2D eigenvalue weighted by Gasteiger charge is 2.53. The zero-order valence-corrected chi connectivity index (χ0v) is 8.46. The number of carbonyl (C=O) groups is 1. The Morgan fingerprint density at radius 2 is 1.85 bits per heavy atom. The molecule has 1 N–H and O–H groups in total. The van der Waals surface area contributed by atoms with E-state index < -0.39 is 0 Å². The standard InChI is InChI=1S/C10H17NO2/c1-10(2,3)13-9(12)11-8-6-4-7(8)5-6/h6-8H,4-5H2,1-3H3,(H,11,12). The highest BCUT2D eigenvalue weighted by Crippen LogP contribution is 2.53. The van der Waals surface area contributed by atoms with Crippen LogP contribution in [-0.4, -0.2) is 17.7 Å². The van der Waals surface area contributed by atoms with Gasteiger partial charge in [-0.05, 0) is 45.4 Å². The van der Waals surface area contributed by atoms with Crippen LogP contribution in [0.1, 0.15) is 33.6 Å². The van der Waals surface area contributed by atoms with E-state index in [0.717, 1.165) is 11.8 Å². The Kier molecular flexibility index (Phi) is 1.79. The quantitative estimate of drug-likeness (QED) is 0.674. The van der Waals surface area contributed by atoms with Crippen LogP contribution in [0.3, 0.4) is 0 Å². The van der Waals surface area contributed by atoms with Crippen molar-refractivity contribution in [3.05, 3.63) is 0 Å². The minimum absolute atomic E-state index is 0.258. The lowest BCUT2D eigenvalue weighted by Gasteiger charge is -2.57. The Balaban J connectivity index is 1.73. The van der Waals surface area contributed by atoms with E-state index in [9.17, 15) is 4.79 Å². The van der Waals surface area contributed by atoms with E-state index >= 15 is 0 Å². The van der Waals surface area contributed by atoms with Gasteiger partial charge in [0.15, 0.2) is 0 Å². The van der Waals surface area contributed by atoms with Gasteiger partial charge in [-0.1, -0.05) is 0 Å². The fourth-order valence-corrected chi connectivity index (χ4v) is 1.97. The van der Waals surface area contributed by atoms with Crippen LogP contribution in [0.25, 0.3) is 0 Å². The van der Waals surface area contributed by atoms with E-state index in [1.54, 1.807) is 0 Å². The van der Waals surface area contributed by atoms with Crippen LogP contribution in [0.4, 0.5) is 4.79 Å². The second-order valence-electron chi connectivity index (χ2n) is 5.16. The largest absolute Gasteiger partial charge is 0.444 e. The van der Waals surface area contributed by atoms with E-state index in [0.29, 0.717) is 6.04 Å². The summed E-state index contributed by atoms with van der Waals surface area (Å²) in [7, 11) is 0. The van der Waals surface area contributed by atoms with Crippen molar-refractivity contribution in [1.82, 2.24) is 5.32 Å². The third-order valence-electron chi connectivity index (χ3n) is 2.91. The van der Waals surface area contributed by atoms with Crippen LogP contribution < -0.4 is 5.32 Å². The Morgan fingerprint density at radius 1 is 1.31 bits per heavy atom. The van der Waals surface area contributed by atoms with Crippen LogP contribution in [0.15, 0.2) is 0 Å². The maximum absolute atomic E-state index is 11.3.